The van der Waals surface area contributed by atoms with E-state index in [1.54, 1.807) is 11.8 Å². The molecule has 0 radical (unpaired) electrons. The molecule has 0 aromatic carbocycles. The van der Waals surface area contributed by atoms with Gasteiger partial charge in [0, 0.05) is 24.3 Å². The highest BCUT2D eigenvalue weighted by Gasteiger charge is 2.27. The molecule has 0 aliphatic carbocycles. The maximum Gasteiger partial charge on any atom is 0.249 e. The Morgan fingerprint density at radius 1 is 1.33 bits per heavy atom. The summed E-state index contributed by atoms with van der Waals surface area (Å²) in [4.78, 5) is 33.9. The highest BCUT2D eigenvalue weighted by atomic mass is 35.5. The minimum absolute atomic E-state index is 0.117. The lowest BCUT2D eigenvalue weighted by Crippen LogP contribution is -2.51. The molecule has 2 amide bonds. The molecule has 0 spiro atoms. The third-order valence-corrected chi connectivity index (χ3v) is 5.23. The van der Waals surface area contributed by atoms with Crippen molar-refractivity contribution in [2.24, 2.45) is 5.92 Å². The fraction of sp³-hybridized carbons (Fsp3) is 0.667. The monoisotopic (exact) mass is 397 g/mol. The second-order valence-electron chi connectivity index (χ2n) is 7.16. The van der Waals surface area contributed by atoms with Crippen LogP contribution in [0.5, 0.6) is 0 Å². The van der Waals surface area contributed by atoms with E-state index in [4.69, 9.17) is 17.3 Å². The molecule has 27 heavy (non-hydrogen) atoms. The van der Waals surface area contributed by atoms with Crippen molar-refractivity contribution in [2.75, 3.05) is 18.8 Å². The number of likely N-dealkylation sites (tertiary alicyclic amines) is 1. The topological polar surface area (TPSA) is 121 Å². The third-order valence-electron chi connectivity index (χ3n) is 5.06. The van der Waals surface area contributed by atoms with Gasteiger partial charge in [0.2, 0.25) is 17.1 Å². The van der Waals surface area contributed by atoms with E-state index in [9.17, 15) is 14.7 Å². The zero-order valence-corrected chi connectivity index (χ0v) is 16.8. The van der Waals surface area contributed by atoms with E-state index in [0.29, 0.717) is 24.8 Å². The lowest BCUT2D eigenvalue weighted by molar-refractivity contribution is -0.139. The zero-order chi connectivity index (χ0) is 20.1. The standard InChI is InChI=1S/C18H28ClN5O3/c1-10-14(15(20)23-18(19)22-10)5-4-13-6-8-24(9-7-13)17(27)11(2)21-16(26)12(3)25/h11-13,25H,4-9H2,1-3H3,(H,21,26)(H2,20,22,23)/t11-,12+/m0/s1. The first-order valence-electron chi connectivity index (χ1n) is 9.24. The molecule has 1 fully saturated rings. The molecule has 1 aliphatic heterocycles. The first-order chi connectivity index (χ1) is 12.7. The molecule has 0 bridgehead atoms. The van der Waals surface area contributed by atoms with Crippen molar-refractivity contribution in [1.29, 1.82) is 0 Å². The number of amides is 2. The van der Waals surface area contributed by atoms with Crippen LogP contribution in [0.3, 0.4) is 0 Å². The summed E-state index contributed by atoms with van der Waals surface area (Å²) < 4.78 is 0. The van der Waals surface area contributed by atoms with Gasteiger partial charge < -0.3 is 21.1 Å². The Hall–Kier alpha value is -1.93. The minimum atomic E-state index is -1.13. The molecule has 150 valence electrons. The number of carbonyl (C=O) groups is 2. The maximum atomic E-state index is 12.4. The molecular formula is C18H28ClN5O3. The van der Waals surface area contributed by atoms with E-state index in [1.165, 1.54) is 6.92 Å². The van der Waals surface area contributed by atoms with Crippen LogP contribution in [-0.4, -0.2) is 57.0 Å². The Kier molecular flexibility index (Phi) is 7.38. The molecule has 8 nitrogen and oxygen atoms in total. The number of rotatable bonds is 6. The number of aliphatic hydroxyl groups excluding tert-OH is 1. The summed E-state index contributed by atoms with van der Waals surface area (Å²) in [5.41, 5.74) is 7.70. The number of anilines is 1. The fourth-order valence-electron chi connectivity index (χ4n) is 3.35. The van der Waals surface area contributed by atoms with Crippen molar-refractivity contribution < 1.29 is 14.7 Å². The summed E-state index contributed by atoms with van der Waals surface area (Å²) in [5, 5.41) is 11.9. The number of nitrogens with zero attached hydrogens (tertiary/aromatic N) is 3. The van der Waals surface area contributed by atoms with Gasteiger partial charge in [-0.05, 0) is 64.0 Å². The van der Waals surface area contributed by atoms with Crippen LogP contribution in [0.1, 0.15) is 44.4 Å². The van der Waals surface area contributed by atoms with Crippen molar-refractivity contribution in [1.82, 2.24) is 20.2 Å². The molecule has 2 rings (SSSR count). The van der Waals surface area contributed by atoms with Crippen LogP contribution < -0.4 is 11.1 Å². The molecule has 0 saturated carbocycles. The average Bonchev–Trinajstić information content (AvgIpc) is 2.60. The summed E-state index contributed by atoms with van der Waals surface area (Å²) in [5.74, 6) is 0.270. The average molecular weight is 398 g/mol. The second-order valence-corrected chi connectivity index (χ2v) is 7.49. The van der Waals surface area contributed by atoms with Crippen molar-refractivity contribution in [3.8, 4) is 0 Å². The SMILES string of the molecule is Cc1nc(Cl)nc(N)c1CCC1CCN(C(=O)[C@H](C)NC(=O)[C@@H](C)O)CC1. The normalized spacial score (nSPS) is 17.4. The second kappa shape index (κ2) is 9.32. The molecule has 1 aromatic heterocycles. The van der Waals surface area contributed by atoms with Gasteiger partial charge >= 0.3 is 0 Å². The van der Waals surface area contributed by atoms with E-state index >= 15 is 0 Å². The van der Waals surface area contributed by atoms with Crippen molar-refractivity contribution in [3.63, 3.8) is 0 Å². The molecule has 1 saturated heterocycles. The number of aryl methyl sites for hydroxylation is 1. The van der Waals surface area contributed by atoms with Gasteiger partial charge in [0.25, 0.3) is 0 Å². The zero-order valence-electron chi connectivity index (χ0n) is 16.0. The third kappa shape index (κ3) is 5.77. The summed E-state index contributed by atoms with van der Waals surface area (Å²) in [6.45, 7) is 6.20. The molecule has 2 heterocycles. The van der Waals surface area contributed by atoms with Gasteiger partial charge in [-0.2, -0.15) is 0 Å². The first-order valence-corrected chi connectivity index (χ1v) is 9.62. The number of piperidine rings is 1. The van der Waals surface area contributed by atoms with Crippen LogP contribution in [0, 0.1) is 12.8 Å². The highest BCUT2D eigenvalue weighted by molar-refractivity contribution is 6.28. The van der Waals surface area contributed by atoms with E-state index < -0.39 is 18.1 Å². The molecule has 4 N–H and O–H groups in total. The predicted octanol–water partition coefficient (Wildman–Crippen LogP) is 1.08. The number of nitrogen functional groups attached to an aromatic ring is 1. The summed E-state index contributed by atoms with van der Waals surface area (Å²) >= 11 is 5.81. The van der Waals surface area contributed by atoms with Gasteiger partial charge in [-0.3, -0.25) is 9.59 Å². The number of carbonyl (C=O) groups excluding carboxylic acids is 2. The molecule has 1 aliphatic rings. The largest absolute Gasteiger partial charge is 0.384 e. The van der Waals surface area contributed by atoms with Gasteiger partial charge in [0.05, 0.1) is 0 Å². The lowest BCUT2D eigenvalue weighted by atomic mass is 9.90. The Bertz CT molecular complexity index is 667. The minimum Gasteiger partial charge on any atom is -0.384 e. The van der Waals surface area contributed by atoms with Crippen molar-refractivity contribution in [2.45, 2.75) is 58.6 Å². The predicted molar refractivity (Wildman–Crippen MR) is 103 cm³/mol. The number of aromatic nitrogens is 2. The number of nitrogens with one attached hydrogen (secondary N) is 1. The van der Waals surface area contributed by atoms with Crippen molar-refractivity contribution in [3.05, 3.63) is 16.5 Å². The molecule has 0 unspecified atom stereocenters. The Balaban J connectivity index is 1.82. The molecule has 9 heteroatoms. The van der Waals surface area contributed by atoms with Crippen LogP contribution >= 0.6 is 11.6 Å². The Morgan fingerprint density at radius 2 is 1.96 bits per heavy atom. The van der Waals surface area contributed by atoms with E-state index in [2.05, 4.69) is 15.3 Å². The summed E-state index contributed by atoms with van der Waals surface area (Å²) in [6, 6.07) is -0.641. The number of aliphatic hydroxyl groups is 1. The molecule has 1 aromatic rings. The highest BCUT2D eigenvalue weighted by Crippen LogP contribution is 2.25. The first kappa shape index (κ1) is 21.4. The summed E-state index contributed by atoms with van der Waals surface area (Å²) in [6.07, 6.45) is 2.41. The van der Waals surface area contributed by atoms with Crippen LogP contribution in [-0.2, 0) is 16.0 Å². The quantitative estimate of drug-likeness (QED) is 0.617. The van der Waals surface area contributed by atoms with Crippen LogP contribution in [0.25, 0.3) is 0 Å². The van der Waals surface area contributed by atoms with Crippen LogP contribution in [0.15, 0.2) is 0 Å². The summed E-state index contributed by atoms with van der Waals surface area (Å²) in [7, 11) is 0. The Labute approximate surface area is 164 Å². The fourth-order valence-corrected chi connectivity index (χ4v) is 3.57. The van der Waals surface area contributed by atoms with Crippen LogP contribution in [0.2, 0.25) is 5.28 Å². The Morgan fingerprint density at radius 3 is 2.52 bits per heavy atom. The number of hydrogen-bond acceptors (Lipinski definition) is 6. The van der Waals surface area contributed by atoms with E-state index in [0.717, 1.165) is 36.9 Å². The van der Waals surface area contributed by atoms with Gasteiger partial charge in [0.1, 0.15) is 18.0 Å². The van der Waals surface area contributed by atoms with Crippen LogP contribution in [0.4, 0.5) is 5.82 Å². The van der Waals surface area contributed by atoms with Gasteiger partial charge in [0.15, 0.2) is 0 Å². The van der Waals surface area contributed by atoms with Gasteiger partial charge in [-0.1, -0.05) is 0 Å². The lowest BCUT2D eigenvalue weighted by Gasteiger charge is -2.34. The number of nitrogens with two attached hydrogens (primary N) is 1. The number of halogens is 1. The molecular weight excluding hydrogens is 370 g/mol. The van der Waals surface area contributed by atoms with E-state index in [-0.39, 0.29) is 11.2 Å². The van der Waals surface area contributed by atoms with Gasteiger partial charge in [-0.25, -0.2) is 9.97 Å². The smallest absolute Gasteiger partial charge is 0.249 e. The van der Waals surface area contributed by atoms with Gasteiger partial charge in [-0.15, -0.1) is 0 Å². The van der Waals surface area contributed by atoms with E-state index in [1.807, 2.05) is 6.92 Å². The maximum absolute atomic E-state index is 12.4. The number of hydrogen-bond donors (Lipinski definition) is 3. The van der Waals surface area contributed by atoms with Crippen molar-refractivity contribution >= 4 is 29.2 Å². The molecule has 2 atom stereocenters.